The number of hydrogen-bond donors (Lipinski definition) is 1. The predicted octanol–water partition coefficient (Wildman–Crippen LogP) is 4.62. The third-order valence-electron chi connectivity index (χ3n) is 6.15. The fourth-order valence-electron chi connectivity index (χ4n) is 4.18. The van der Waals surface area contributed by atoms with Gasteiger partial charge in [0, 0.05) is 29.9 Å². The Morgan fingerprint density at radius 1 is 1.03 bits per heavy atom. The van der Waals surface area contributed by atoms with Crippen LogP contribution < -0.4 is 10.2 Å². The summed E-state index contributed by atoms with van der Waals surface area (Å²) in [5.74, 6) is 1.44. The van der Waals surface area contributed by atoms with Crippen LogP contribution in [0.5, 0.6) is 0 Å². The van der Waals surface area contributed by atoms with Crippen LogP contribution in [-0.2, 0) is 6.42 Å². The second-order valence-electron chi connectivity index (χ2n) is 8.32. The molecule has 0 spiro atoms. The number of aromatic nitrogens is 2. The summed E-state index contributed by atoms with van der Waals surface area (Å²) in [6.07, 6.45) is 4.30. The topological polar surface area (TPSA) is 58.1 Å². The number of carbonyl (C=O) groups is 1. The molecular formula is C25H30N4O. The van der Waals surface area contributed by atoms with E-state index in [1.807, 2.05) is 25.1 Å². The Bertz CT molecular complexity index is 996. The molecular weight excluding hydrogens is 372 g/mol. The Morgan fingerprint density at radius 2 is 1.70 bits per heavy atom. The van der Waals surface area contributed by atoms with Crippen molar-refractivity contribution >= 4 is 22.5 Å². The summed E-state index contributed by atoms with van der Waals surface area (Å²) in [5.41, 5.74) is 1.83. The first-order valence-corrected chi connectivity index (χ1v) is 11.0. The number of nitrogens with one attached hydrogen (secondary N) is 1. The van der Waals surface area contributed by atoms with Gasteiger partial charge in [0.1, 0.15) is 0 Å². The standard InChI is InChI=1S/C25H30N4O/c1-3-18(2)26-25(30)23-21-11-7-8-12-22(21)24(28-27-23)29-15-13-20(14-16-29)17-19-9-5-4-6-10-19/h4-12,18,20H,3,13-17H2,1-2H3,(H,26,30)/t18-/m0/s1. The minimum Gasteiger partial charge on any atom is -0.355 e. The van der Waals surface area contributed by atoms with Crippen molar-refractivity contribution in [1.29, 1.82) is 0 Å². The molecule has 3 aromatic rings. The minimum absolute atomic E-state index is 0.112. The van der Waals surface area contributed by atoms with Crippen LogP contribution in [0, 0.1) is 5.92 Å². The SMILES string of the molecule is CC[C@H](C)NC(=O)c1nnc(N2CCC(Cc3ccccc3)CC2)c2ccccc12. The fraction of sp³-hybridized carbons (Fsp3) is 0.400. The van der Waals surface area contributed by atoms with Crippen LogP contribution in [-0.4, -0.2) is 35.2 Å². The smallest absolute Gasteiger partial charge is 0.272 e. The lowest BCUT2D eigenvalue weighted by Crippen LogP contribution is -2.36. The summed E-state index contributed by atoms with van der Waals surface area (Å²) in [6.45, 7) is 5.99. The Balaban J connectivity index is 1.51. The minimum atomic E-state index is -0.152. The lowest BCUT2D eigenvalue weighted by Gasteiger charge is -2.33. The highest BCUT2D eigenvalue weighted by Crippen LogP contribution is 2.30. The first-order chi connectivity index (χ1) is 14.7. The maximum Gasteiger partial charge on any atom is 0.272 e. The lowest BCUT2D eigenvalue weighted by atomic mass is 9.90. The molecule has 0 bridgehead atoms. The molecule has 1 N–H and O–H groups in total. The third kappa shape index (κ3) is 4.45. The number of rotatable bonds is 6. The Labute approximate surface area is 178 Å². The highest BCUT2D eigenvalue weighted by atomic mass is 16.2. The van der Waals surface area contributed by atoms with Gasteiger partial charge < -0.3 is 10.2 Å². The van der Waals surface area contributed by atoms with Gasteiger partial charge in [-0.25, -0.2) is 0 Å². The van der Waals surface area contributed by atoms with Crippen LogP contribution in [0.25, 0.3) is 10.8 Å². The van der Waals surface area contributed by atoms with Gasteiger partial charge in [-0.15, -0.1) is 10.2 Å². The normalized spacial score (nSPS) is 15.9. The summed E-state index contributed by atoms with van der Waals surface area (Å²) in [5, 5.41) is 13.7. The number of fused-ring (bicyclic) bond motifs is 1. The second kappa shape index (κ2) is 9.24. The first-order valence-electron chi connectivity index (χ1n) is 11.0. The van der Waals surface area contributed by atoms with Crippen molar-refractivity contribution in [3.05, 3.63) is 65.9 Å². The molecule has 5 nitrogen and oxygen atoms in total. The molecule has 1 amide bonds. The highest BCUT2D eigenvalue weighted by Gasteiger charge is 2.24. The molecule has 156 valence electrons. The average molecular weight is 403 g/mol. The lowest BCUT2D eigenvalue weighted by molar-refractivity contribution is 0.0935. The van der Waals surface area contributed by atoms with E-state index in [1.54, 1.807) is 0 Å². The number of nitrogens with zero attached hydrogens (tertiary/aromatic N) is 3. The number of benzene rings is 2. The van der Waals surface area contributed by atoms with Crippen LogP contribution in [0.4, 0.5) is 5.82 Å². The number of hydrogen-bond acceptors (Lipinski definition) is 4. The molecule has 1 aliphatic rings. The second-order valence-corrected chi connectivity index (χ2v) is 8.32. The largest absolute Gasteiger partial charge is 0.355 e. The van der Waals surface area contributed by atoms with Crippen LogP contribution in [0.1, 0.15) is 49.2 Å². The Kier molecular flexibility index (Phi) is 6.26. The van der Waals surface area contributed by atoms with E-state index in [0.717, 1.165) is 55.4 Å². The van der Waals surface area contributed by atoms with E-state index in [1.165, 1.54) is 5.56 Å². The molecule has 0 unspecified atom stereocenters. The molecule has 2 heterocycles. The van der Waals surface area contributed by atoms with Crippen LogP contribution in [0.3, 0.4) is 0 Å². The summed E-state index contributed by atoms with van der Waals surface area (Å²) in [6, 6.07) is 18.8. The maximum absolute atomic E-state index is 12.7. The van der Waals surface area contributed by atoms with E-state index < -0.39 is 0 Å². The Morgan fingerprint density at radius 3 is 2.40 bits per heavy atom. The summed E-state index contributed by atoms with van der Waals surface area (Å²) in [4.78, 5) is 15.0. The molecule has 4 rings (SSSR count). The molecule has 2 aromatic carbocycles. The summed E-state index contributed by atoms with van der Waals surface area (Å²) < 4.78 is 0. The first kappa shape index (κ1) is 20.3. The monoisotopic (exact) mass is 402 g/mol. The van der Waals surface area contributed by atoms with Crippen molar-refractivity contribution < 1.29 is 4.79 Å². The van der Waals surface area contributed by atoms with E-state index in [-0.39, 0.29) is 11.9 Å². The van der Waals surface area contributed by atoms with Gasteiger partial charge in [-0.1, -0.05) is 61.5 Å². The zero-order valence-corrected chi connectivity index (χ0v) is 17.8. The molecule has 1 fully saturated rings. The molecule has 30 heavy (non-hydrogen) atoms. The van der Waals surface area contributed by atoms with Crippen LogP contribution in [0.2, 0.25) is 0 Å². The Hall–Kier alpha value is -2.95. The predicted molar refractivity (Wildman–Crippen MR) is 122 cm³/mol. The van der Waals surface area contributed by atoms with E-state index in [9.17, 15) is 4.79 Å². The fourth-order valence-corrected chi connectivity index (χ4v) is 4.18. The van der Waals surface area contributed by atoms with Crippen molar-refractivity contribution in [1.82, 2.24) is 15.5 Å². The quantitative estimate of drug-likeness (QED) is 0.654. The van der Waals surface area contributed by atoms with Gasteiger partial charge in [-0.05, 0) is 44.1 Å². The van der Waals surface area contributed by atoms with Crippen molar-refractivity contribution in [2.45, 2.75) is 45.6 Å². The van der Waals surface area contributed by atoms with Crippen LogP contribution >= 0.6 is 0 Å². The number of piperidine rings is 1. The molecule has 1 aromatic heterocycles. The zero-order valence-electron chi connectivity index (χ0n) is 17.8. The highest BCUT2D eigenvalue weighted by molar-refractivity contribution is 6.07. The van der Waals surface area contributed by atoms with Gasteiger partial charge in [0.05, 0.1) is 0 Å². The van der Waals surface area contributed by atoms with Crippen molar-refractivity contribution in [3.63, 3.8) is 0 Å². The van der Waals surface area contributed by atoms with Gasteiger partial charge in [0.15, 0.2) is 11.5 Å². The van der Waals surface area contributed by atoms with Crippen LogP contribution in [0.15, 0.2) is 54.6 Å². The molecule has 5 heteroatoms. The number of anilines is 1. The molecule has 1 atom stereocenters. The summed E-state index contributed by atoms with van der Waals surface area (Å²) >= 11 is 0. The summed E-state index contributed by atoms with van der Waals surface area (Å²) in [7, 11) is 0. The van der Waals surface area contributed by atoms with E-state index >= 15 is 0 Å². The number of amides is 1. The molecule has 1 aliphatic heterocycles. The maximum atomic E-state index is 12.7. The number of carbonyl (C=O) groups excluding carboxylic acids is 1. The third-order valence-corrected chi connectivity index (χ3v) is 6.15. The van der Waals surface area contributed by atoms with E-state index in [4.69, 9.17) is 0 Å². The van der Waals surface area contributed by atoms with Gasteiger partial charge in [0.2, 0.25) is 0 Å². The average Bonchev–Trinajstić information content (AvgIpc) is 2.79. The van der Waals surface area contributed by atoms with Crippen molar-refractivity contribution in [2.75, 3.05) is 18.0 Å². The van der Waals surface area contributed by atoms with Gasteiger partial charge in [-0.2, -0.15) is 0 Å². The zero-order chi connectivity index (χ0) is 20.9. The molecule has 1 saturated heterocycles. The van der Waals surface area contributed by atoms with Crippen molar-refractivity contribution in [2.24, 2.45) is 5.92 Å². The molecule has 0 aliphatic carbocycles. The molecule has 0 saturated carbocycles. The van der Waals surface area contributed by atoms with Gasteiger partial charge >= 0.3 is 0 Å². The van der Waals surface area contributed by atoms with Crippen molar-refractivity contribution in [3.8, 4) is 0 Å². The van der Waals surface area contributed by atoms with Gasteiger partial charge in [-0.3, -0.25) is 4.79 Å². The van der Waals surface area contributed by atoms with E-state index in [0.29, 0.717) is 11.6 Å². The van der Waals surface area contributed by atoms with E-state index in [2.05, 4.69) is 63.7 Å². The van der Waals surface area contributed by atoms with Gasteiger partial charge in [0.25, 0.3) is 5.91 Å². The molecule has 0 radical (unpaired) electrons.